The molecule has 0 saturated carbocycles. The zero-order valence-corrected chi connectivity index (χ0v) is 11.7. The van der Waals surface area contributed by atoms with E-state index >= 15 is 0 Å². The van der Waals surface area contributed by atoms with Crippen LogP contribution in [0.4, 0.5) is 0 Å². The largest absolute Gasteiger partial charge is 0.486 e. The van der Waals surface area contributed by atoms with Gasteiger partial charge in [-0.1, -0.05) is 39.0 Å². The van der Waals surface area contributed by atoms with Gasteiger partial charge in [0.15, 0.2) is 0 Å². The number of hydrogen-bond donors (Lipinski definition) is 1. The van der Waals surface area contributed by atoms with Gasteiger partial charge < -0.3 is 14.7 Å². The van der Waals surface area contributed by atoms with Gasteiger partial charge in [-0.2, -0.15) is 0 Å². The first-order valence-electron chi connectivity index (χ1n) is 6.56. The molecule has 1 N–H and O–H groups in total. The lowest BCUT2D eigenvalue weighted by Crippen LogP contribution is -2.57. The Labute approximate surface area is 114 Å². The molecule has 1 aliphatic rings. The van der Waals surface area contributed by atoms with E-state index in [1.807, 2.05) is 18.2 Å². The van der Waals surface area contributed by atoms with E-state index in [9.17, 15) is 4.79 Å². The number of nitrogens with zero attached hydrogens (tertiary/aromatic N) is 1. The van der Waals surface area contributed by atoms with Gasteiger partial charge in [-0.05, 0) is 17.0 Å². The molecule has 1 aromatic carbocycles. The summed E-state index contributed by atoms with van der Waals surface area (Å²) in [5.41, 5.74) is 1.20. The fourth-order valence-corrected chi connectivity index (χ4v) is 2.18. The van der Waals surface area contributed by atoms with Crippen molar-refractivity contribution in [2.24, 2.45) is 0 Å². The molecule has 19 heavy (non-hydrogen) atoms. The number of aliphatic hydroxyl groups excluding tert-OH is 1. The molecule has 0 radical (unpaired) electrons. The Kier molecular flexibility index (Phi) is 3.80. The first kappa shape index (κ1) is 13.9. The van der Waals surface area contributed by atoms with Crippen molar-refractivity contribution in [3.63, 3.8) is 0 Å². The van der Waals surface area contributed by atoms with Gasteiger partial charge in [0.25, 0.3) is 0 Å². The summed E-state index contributed by atoms with van der Waals surface area (Å²) in [6.45, 7) is 7.13. The number of amides is 1. The van der Waals surface area contributed by atoms with Crippen LogP contribution in [0.25, 0.3) is 0 Å². The van der Waals surface area contributed by atoms with Gasteiger partial charge in [0, 0.05) is 0 Å². The molecule has 0 spiro atoms. The van der Waals surface area contributed by atoms with Crippen LogP contribution in [-0.2, 0) is 10.2 Å². The van der Waals surface area contributed by atoms with Crippen LogP contribution >= 0.6 is 0 Å². The molecular formula is C15H21NO3. The Bertz CT molecular complexity index is 459. The fraction of sp³-hybridized carbons (Fsp3) is 0.533. The summed E-state index contributed by atoms with van der Waals surface area (Å²) in [4.78, 5) is 12.8. The van der Waals surface area contributed by atoms with Gasteiger partial charge in [-0.25, -0.2) is 0 Å². The zero-order valence-electron chi connectivity index (χ0n) is 11.7. The molecule has 1 amide bonds. The van der Waals surface area contributed by atoms with Crippen LogP contribution in [0.15, 0.2) is 24.3 Å². The summed E-state index contributed by atoms with van der Waals surface area (Å²) in [7, 11) is 0. The van der Waals surface area contributed by atoms with Crippen molar-refractivity contribution in [1.29, 1.82) is 0 Å². The van der Waals surface area contributed by atoms with E-state index in [2.05, 4.69) is 26.8 Å². The summed E-state index contributed by atoms with van der Waals surface area (Å²) in [6, 6.07) is 8.01. The monoisotopic (exact) mass is 263 g/mol. The third-order valence-corrected chi connectivity index (χ3v) is 3.32. The van der Waals surface area contributed by atoms with Gasteiger partial charge in [0.2, 0.25) is 5.91 Å². The number of para-hydroxylation sites is 1. The molecule has 0 aliphatic carbocycles. The van der Waals surface area contributed by atoms with E-state index in [0.717, 1.165) is 5.75 Å². The van der Waals surface area contributed by atoms with Gasteiger partial charge in [-0.15, -0.1) is 0 Å². The van der Waals surface area contributed by atoms with Gasteiger partial charge in [0.05, 0.1) is 13.1 Å². The van der Waals surface area contributed by atoms with E-state index in [-0.39, 0.29) is 17.4 Å². The molecule has 0 aromatic heterocycles. The number of carbonyl (C=O) groups is 1. The number of hydrogen-bond acceptors (Lipinski definition) is 3. The van der Waals surface area contributed by atoms with Crippen LogP contribution in [-0.4, -0.2) is 41.7 Å². The van der Waals surface area contributed by atoms with Crippen LogP contribution in [0.1, 0.15) is 26.3 Å². The topological polar surface area (TPSA) is 49.8 Å². The van der Waals surface area contributed by atoms with Crippen molar-refractivity contribution < 1.29 is 14.6 Å². The summed E-state index contributed by atoms with van der Waals surface area (Å²) in [5, 5.41) is 8.76. The molecule has 1 aliphatic heterocycles. The summed E-state index contributed by atoms with van der Waals surface area (Å²) >= 11 is 0. The zero-order chi connectivity index (χ0) is 14.0. The van der Waals surface area contributed by atoms with Gasteiger partial charge in [0.1, 0.15) is 18.5 Å². The smallest absolute Gasteiger partial charge is 0.248 e. The van der Waals surface area contributed by atoms with Crippen molar-refractivity contribution in [2.45, 2.75) is 32.3 Å². The minimum atomic E-state index is -0.425. The maximum atomic E-state index is 11.2. The van der Waals surface area contributed by atoms with E-state index in [4.69, 9.17) is 9.84 Å². The molecule has 0 unspecified atom stereocenters. The fourth-order valence-electron chi connectivity index (χ4n) is 2.18. The van der Waals surface area contributed by atoms with E-state index in [0.29, 0.717) is 13.1 Å². The highest BCUT2D eigenvalue weighted by molar-refractivity contribution is 5.78. The quantitative estimate of drug-likeness (QED) is 0.900. The summed E-state index contributed by atoms with van der Waals surface area (Å²) in [6.07, 6.45) is 0.0269. The Morgan fingerprint density at radius 2 is 2.00 bits per heavy atom. The Morgan fingerprint density at radius 1 is 1.37 bits per heavy atom. The lowest BCUT2D eigenvalue weighted by molar-refractivity contribution is -0.143. The molecule has 1 fully saturated rings. The first-order valence-corrected chi connectivity index (χ1v) is 6.56. The normalized spacial score (nSPS) is 16.1. The average molecular weight is 263 g/mol. The van der Waals surface area contributed by atoms with Crippen molar-refractivity contribution in [2.75, 3.05) is 19.7 Å². The molecule has 104 valence electrons. The Morgan fingerprint density at radius 3 is 2.58 bits per heavy atom. The predicted molar refractivity (Wildman–Crippen MR) is 73.2 cm³/mol. The lowest BCUT2D eigenvalue weighted by Gasteiger charge is -2.39. The van der Waals surface area contributed by atoms with Crippen LogP contribution < -0.4 is 4.74 Å². The summed E-state index contributed by atoms with van der Waals surface area (Å²) < 4.78 is 5.96. The van der Waals surface area contributed by atoms with Crippen LogP contribution in [0, 0.1) is 0 Å². The molecular weight excluding hydrogens is 242 g/mol. The summed E-state index contributed by atoms with van der Waals surface area (Å²) in [5.74, 6) is 0.653. The second-order valence-electron chi connectivity index (χ2n) is 5.94. The van der Waals surface area contributed by atoms with Crippen molar-refractivity contribution in [3.05, 3.63) is 29.8 Å². The molecule has 2 rings (SSSR count). The number of likely N-dealkylation sites (tertiary alicyclic amines) is 1. The maximum absolute atomic E-state index is 11.2. The van der Waals surface area contributed by atoms with Crippen molar-refractivity contribution in [3.8, 4) is 5.75 Å². The molecule has 1 heterocycles. The van der Waals surface area contributed by atoms with Crippen LogP contribution in [0.5, 0.6) is 5.75 Å². The van der Waals surface area contributed by atoms with Crippen LogP contribution in [0.3, 0.4) is 0 Å². The predicted octanol–water partition coefficient (Wildman–Crippen LogP) is 1.57. The van der Waals surface area contributed by atoms with E-state index in [1.54, 1.807) is 4.90 Å². The second-order valence-corrected chi connectivity index (χ2v) is 5.94. The van der Waals surface area contributed by atoms with Gasteiger partial charge >= 0.3 is 0 Å². The highest BCUT2D eigenvalue weighted by Crippen LogP contribution is 2.32. The first-order chi connectivity index (χ1) is 8.91. The van der Waals surface area contributed by atoms with Crippen molar-refractivity contribution in [1.82, 2.24) is 4.90 Å². The molecule has 1 saturated heterocycles. The number of benzene rings is 1. The average Bonchev–Trinajstić information content (AvgIpc) is 2.31. The maximum Gasteiger partial charge on any atom is 0.248 e. The Hall–Kier alpha value is -1.55. The van der Waals surface area contributed by atoms with E-state index in [1.165, 1.54) is 5.56 Å². The third kappa shape index (κ3) is 3.07. The molecule has 4 heteroatoms. The van der Waals surface area contributed by atoms with Crippen LogP contribution in [0.2, 0.25) is 0 Å². The van der Waals surface area contributed by atoms with Crippen molar-refractivity contribution >= 4 is 5.91 Å². The molecule has 0 bridgehead atoms. The van der Waals surface area contributed by atoms with E-state index < -0.39 is 6.61 Å². The minimum Gasteiger partial charge on any atom is -0.486 e. The minimum absolute atomic E-state index is 0.0269. The molecule has 4 nitrogen and oxygen atoms in total. The third-order valence-electron chi connectivity index (χ3n) is 3.32. The lowest BCUT2D eigenvalue weighted by atomic mass is 9.86. The Balaban J connectivity index is 2.00. The number of carbonyl (C=O) groups excluding carboxylic acids is 1. The number of rotatable bonds is 3. The number of ether oxygens (including phenoxy) is 1. The second kappa shape index (κ2) is 5.21. The standard InChI is InChI=1S/C15H21NO3/c1-15(2,3)12-6-4-5-7-13(12)19-11-8-16(9-11)14(18)10-17/h4-7,11,17H,8-10H2,1-3H3. The molecule has 0 atom stereocenters. The highest BCUT2D eigenvalue weighted by Gasteiger charge is 2.32. The van der Waals surface area contributed by atoms with Gasteiger partial charge in [-0.3, -0.25) is 4.79 Å². The number of aliphatic hydroxyl groups is 1. The molecule has 1 aromatic rings. The SMILES string of the molecule is CC(C)(C)c1ccccc1OC1CN(C(=O)CO)C1. The highest BCUT2D eigenvalue weighted by atomic mass is 16.5.